The van der Waals surface area contributed by atoms with Crippen LogP contribution in [0.2, 0.25) is 0 Å². The van der Waals surface area contributed by atoms with E-state index in [1.54, 1.807) is 30.3 Å². The summed E-state index contributed by atoms with van der Waals surface area (Å²) in [6.45, 7) is 0.873. The summed E-state index contributed by atoms with van der Waals surface area (Å²) in [5.41, 5.74) is -0.535. The number of ether oxygens (including phenoxy) is 2. The summed E-state index contributed by atoms with van der Waals surface area (Å²) in [5, 5.41) is 2.51. The molecule has 1 unspecified atom stereocenters. The van der Waals surface area contributed by atoms with Crippen molar-refractivity contribution in [3.8, 4) is 5.75 Å². The maximum atomic E-state index is 13.0. The van der Waals surface area contributed by atoms with Crippen molar-refractivity contribution in [2.45, 2.75) is 25.1 Å². The number of nitrogens with one attached hydrogen (secondary N) is 1. The van der Waals surface area contributed by atoms with E-state index in [0.29, 0.717) is 12.2 Å². The van der Waals surface area contributed by atoms with E-state index in [4.69, 9.17) is 9.47 Å². The lowest BCUT2D eigenvalue weighted by Crippen LogP contribution is -2.18. The van der Waals surface area contributed by atoms with Crippen LogP contribution in [0.15, 0.2) is 48.5 Å². The van der Waals surface area contributed by atoms with Crippen LogP contribution >= 0.6 is 0 Å². The molecule has 1 N–H and O–H groups in total. The maximum absolute atomic E-state index is 13.0. The highest BCUT2D eigenvalue weighted by molar-refractivity contribution is 6.05. The highest BCUT2D eigenvalue weighted by atomic mass is 19.4. The van der Waals surface area contributed by atoms with Crippen molar-refractivity contribution in [3.05, 3.63) is 59.7 Å². The van der Waals surface area contributed by atoms with Gasteiger partial charge in [0.25, 0.3) is 5.91 Å². The lowest BCUT2D eigenvalue weighted by atomic mass is 10.1. The Bertz CT molecular complexity index is 756. The van der Waals surface area contributed by atoms with E-state index >= 15 is 0 Å². The molecular formula is C19H18F3NO3. The molecule has 0 bridgehead atoms. The van der Waals surface area contributed by atoms with Gasteiger partial charge in [-0.3, -0.25) is 4.79 Å². The van der Waals surface area contributed by atoms with E-state index in [0.717, 1.165) is 25.0 Å². The highest BCUT2D eigenvalue weighted by Gasteiger charge is 2.31. The van der Waals surface area contributed by atoms with Crippen molar-refractivity contribution < 1.29 is 27.4 Å². The SMILES string of the molecule is O=C(Nc1cc(C(F)(F)F)ccc1OCC1CCCO1)c1ccccc1. The molecule has 1 fully saturated rings. The Morgan fingerprint density at radius 3 is 2.62 bits per heavy atom. The van der Waals surface area contributed by atoms with Gasteiger partial charge in [0.2, 0.25) is 0 Å². The molecule has 0 radical (unpaired) electrons. The lowest BCUT2D eigenvalue weighted by Gasteiger charge is -2.17. The summed E-state index contributed by atoms with van der Waals surface area (Å²) in [7, 11) is 0. The molecule has 0 aliphatic carbocycles. The van der Waals surface area contributed by atoms with Crippen LogP contribution in [0.4, 0.5) is 18.9 Å². The van der Waals surface area contributed by atoms with Crippen molar-refractivity contribution in [1.82, 2.24) is 0 Å². The molecule has 3 rings (SSSR count). The first-order valence-corrected chi connectivity index (χ1v) is 8.25. The predicted octanol–water partition coefficient (Wildman–Crippen LogP) is 4.52. The van der Waals surface area contributed by atoms with Crippen LogP contribution in [-0.2, 0) is 10.9 Å². The van der Waals surface area contributed by atoms with Gasteiger partial charge in [0.15, 0.2) is 0 Å². The lowest BCUT2D eigenvalue weighted by molar-refractivity contribution is -0.137. The second-order valence-electron chi connectivity index (χ2n) is 5.97. The minimum Gasteiger partial charge on any atom is -0.489 e. The van der Waals surface area contributed by atoms with Crippen LogP contribution in [0.3, 0.4) is 0 Å². The number of amides is 1. The van der Waals surface area contributed by atoms with E-state index in [1.165, 1.54) is 6.07 Å². The molecule has 2 aromatic carbocycles. The Kier molecular flexibility index (Phi) is 5.46. The molecule has 26 heavy (non-hydrogen) atoms. The van der Waals surface area contributed by atoms with E-state index in [1.807, 2.05) is 0 Å². The van der Waals surface area contributed by atoms with Crippen LogP contribution in [0, 0.1) is 0 Å². The molecule has 0 saturated carbocycles. The van der Waals surface area contributed by atoms with Crippen LogP contribution in [0.5, 0.6) is 5.75 Å². The summed E-state index contributed by atoms with van der Waals surface area (Å²) < 4.78 is 50.1. The number of rotatable bonds is 5. The van der Waals surface area contributed by atoms with Gasteiger partial charge in [-0.05, 0) is 43.2 Å². The number of benzene rings is 2. The smallest absolute Gasteiger partial charge is 0.416 e. The molecule has 0 aromatic heterocycles. The molecule has 138 valence electrons. The zero-order valence-corrected chi connectivity index (χ0v) is 13.9. The minimum atomic E-state index is -4.51. The van der Waals surface area contributed by atoms with Crippen molar-refractivity contribution in [1.29, 1.82) is 0 Å². The van der Waals surface area contributed by atoms with Gasteiger partial charge in [0.1, 0.15) is 12.4 Å². The second-order valence-corrected chi connectivity index (χ2v) is 5.97. The van der Waals surface area contributed by atoms with Crippen LogP contribution in [0.25, 0.3) is 0 Å². The van der Waals surface area contributed by atoms with Gasteiger partial charge >= 0.3 is 6.18 Å². The van der Waals surface area contributed by atoms with Crippen molar-refractivity contribution >= 4 is 11.6 Å². The first-order valence-electron chi connectivity index (χ1n) is 8.25. The fraction of sp³-hybridized carbons (Fsp3) is 0.316. The quantitative estimate of drug-likeness (QED) is 0.848. The van der Waals surface area contributed by atoms with Crippen LogP contribution in [-0.4, -0.2) is 25.2 Å². The number of alkyl halides is 3. The van der Waals surface area contributed by atoms with Gasteiger partial charge in [0, 0.05) is 12.2 Å². The number of hydrogen-bond donors (Lipinski definition) is 1. The van der Waals surface area contributed by atoms with Crippen molar-refractivity contribution in [2.24, 2.45) is 0 Å². The summed E-state index contributed by atoms with van der Waals surface area (Å²) in [5.74, 6) is -0.329. The molecule has 1 amide bonds. The topological polar surface area (TPSA) is 47.6 Å². The average Bonchev–Trinajstić information content (AvgIpc) is 3.14. The minimum absolute atomic E-state index is 0.0216. The molecule has 4 nitrogen and oxygen atoms in total. The molecule has 1 aliphatic heterocycles. The van der Waals surface area contributed by atoms with E-state index in [2.05, 4.69) is 5.32 Å². The Labute approximate surface area is 148 Å². The van der Waals surface area contributed by atoms with Crippen LogP contribution in [0.1, 0.15) is 28.8 Å². The Balaban J connectivity index is 1.82. The van der Waals surface area contributed by atoms with Gasteiger partial charge in [-0.15, -0.1) is 0 Å². The molecule has 1 atom stereocenters. The van der Waals surface area contributed by atoms with Crippen LogP contribution < -0.4 is 10.1 Å². The second kappa shape index (κ2) is 7.78. The van der Waals surface area contributed by atoms with Gasteiger partial charge in [-0.25, -0.2) is 0 Å². The zero-order valence-electron chi connectivity index (χ0n) is 13.9. The third-order valence-electron chi connectivity index (χ3n) is 4.04. The molecule has 1 aliphatic rings. The summed E-state index contributed by atoms with van der Waals surface area (Å²) in [6, 6.07) is 11.3. The van der Waals surface area contributed by atoms with E-state index < -0.39 is 17.6 Å². The normalized spacial score (nSPS) is 17.1. The molecule has 2 aromatic rings. The Hall–Kier alpha value is -2.54. The van der Waals surface area contributed by atoms with E-state index in [9.17, 15) is 18.0 Å². The molecular weight excluding hydrogens is 347 g/mol. The van der Waals surface area contributed by atoms with Gasteiger partial charge in [-0.2, -0.15) is 13.2 Å². The number of hydrogen-bond acceptors (Lipinski definition) is 3. The Morgan fingerprint density at radius 2 is 1.96 bits per heavy atom. The first-order chi connectivity index (χ1) is 12.4. The number of carbonyl (C=O) groups excluding carboxylic acids is 1. The molecule has 0 spiro atoms. The van der Waals surface area contributed by atoms with Gasteiger partial charge in [-0.1, -0.05) is 18.2 Å². The summed E-state index contributed by atoms with van der Waals surface area (Å²) in [4.78, 5) is 12.3. The molecule has 1 saturated heterocycles. The van der Waals surface area contributed by atoms with E-state index in [-0.39, 0.29) is 24.1 Å². The van der Waals surface area contributed by atoms with Gasteiger partial charge in [0.05, 0.1) is 17.4 Å². The monoisotopic (exact) mass is 365 g/mol. The molecule has 1 heterocycles. The fourth-order valence-corrected chi connectivity index (χ4v) is 2.67. The van der Waals surface area contributed by atoms with Crippen molar-refractivity contribution in [3.63, 3.8) is 0 Å². The average molecular weight is 365 g/mol. The first kappa shape index (κ1) is 18.3. The van der Waals surface area contributed by atoms with Gasteiger partial charge < -0.3 is 14.8 Å². The number of anilines is 1. The van der Waals surface area contributed by atoms with Crippen molar-refractivity contribution in [2.75, 3.05) is 18.5 Å². The maximum Gasteiger partial charge on any atom is 0.416 e. The fourth-order valence-electron chi connectivity index (χ4n) is 2.67. The summed E-state index contributed by atoms with van der Waals surface area (Å²) >= 11 is 0. The summed E-state index contributed by atoms with van der Waals surface area (Å²) in [6.07, 6.45) is -2.83. The standard InChI is InChI=1S/C19H18F3NO3/c20-19(21,22)14-8-9-17(26-12-15-7-4-10-25-15)16(11-14)23-18(24)13-5-2-1-3-6-13/h1-3,5-6,8-9,11,15H,4,7,10,12H2,(H,23,24). The zero-order chi connectivity index (χ0) is 18.6. The number of carbonyl (C=O) groups is 1. The number of halogens is 3. The Morgan fingerprint density at radius 1 is 1.19 bits per heavy atom. The largest absolute Gasteiger partial charge is 0.489 e. The third kappa shape index (κ3) is 4.54. The predicted molar refractivity (Wildman–Crippen MR) is 90.3 cm³/mol. The highest BCUT2D eigenvalue weighted by Crippen LogP contribution is 2.35. The molecule has 7 heteroatoms. The third-order valence-corrected chi connectivity index (χ3v) is 4.04.